The van der Waals surface area contributed by atoms with E-state index in [1.165, 1.54) is 16.7 Å². The van der Waals surface area contributed by atoms with Gasteiger partial charge in [-0.25, -0.2) is 4.98 Å². The van der Waals surface area contributed by atoms with Gasteiger partial charge < -0.3 is 0 Å². The third-order valence-corrected chi connectivity index (χ3v) is 5.22. The molecule has 3 nitrogen and oxygen atoms in total. The minimum absolute atomic E-state index is 0.0595. The predicted octanol–water partition coefficient (Wildman–Crippen LogP) is 6.37. The second kappa shape index (κ2) is 7.38. The van der Waals surface area contributed by atoms with E-state index in [1.54, 1.807) is 24.3 Å². The minimum Gasteiger partial charge on any atom is -0.268 e. The number of nitrogens with zero attached hydrogens (tertiary/aromatic N) is 2. The molecule has 1 aromatic heterocycles. The Labute approximate surface area is 177 Å². The van der Waals surface area contributed by atoms with Gasteiger partial charge in [0, 0.05) is 5.56 Å². The third-order valence-electron chi connectivity index (χ3n) is 5.22. The van der Waals surface area contributed by atoms with Gasteiger partial charge in [-0.05, 0) is 41.3 Å². The van der Waals surface area contributed by atoms with Crippen LogP contribution in [0.5, 0.6) is 0 Å². The molecule has 0 amide bonds. The number of rotatable bonds is 2. The number of fused-ring (bicyclic) bond motifs is 1. The van der Waals surface area contributed by atoms with E-state index in [2.05, 4.69) is 25.8 Å². The monoisotopic (exact) mass is 422 g/mol. The van der Waals surface area contributed by atoms with Crippen molar-refractivity contribution < 1.29 is 13.2 Å². The molecule has 0 N–H and O–H groups in total. The third kappa shape index (κ3) is 3.98. The van der Waals surface area contributed by atoms with Gasteiger partial charge in [-0.15, -0.1) is 0 Å². The maximum atomic E-state index is 13.4. The topological polar surface area (TPSA) is 34.9 Å². The number of alkyl halides is 3. The van der Waals surface area contributed by atoms with Crippen LogP contribution >= 0.6 is 0 Å². The van der Waals surface area contributed by atoms with Crippen molar-refractivity contribution in [2.24, 2.45) is 0 Å². The van der Waals surface area contributed by atoms with Crippen LogP contribution in [0.2, 0.25) is 0 Å². The van der Waals surface area contributed by atoms with E-state index in [0.717, 1.165) is 17.7 Å². The lowest BCUT2D eigenvalue weighted by Gasteiger charge is -2.20. The lowest BCUT2D eigenvalue weighted by molar-refractivity contribution is -0.137. The summed E-state index contributed by atoms with van der Waals surface area (Å²) in [5, 5.41) is 0.343. The van der Waals surface area contributed by atoms with Crippen LogP contribution in [0.3, 0.4) is 0 Å². The molecule has 0 aliphatic heterocycles. The molecule has 0 spiro atoms. The van der Waals surface area contributed by atoms with Crippen LogP contribution in [-0.2, 0) is 11.6 Å². The van der Waals surface area contributed by atoms with Crippen molar-refractivity contribution in [3.05, 3.63) is 94.3 Å². The largest absolute Gasteiger partial charge is 0.416 e. The first-order chi connectivity index (χ1) is 14.6. The van der Waals surface area contributed by atoms with E-state index < -0.39 is 17.3 Å². The first kappa shape index (κ1) is 20.8. The number of aromatic nitrogens is 2. The molecular formula is C25H21F3N2O. The molecule has 0 saturated heterocycles. The second-order valence-corrected chi connectivity index (χ2v) is 8.47. The number of hydrogen-bond acceptors (Lipinski definition) is 2. The number of para-hydroxylation sites is 1. The van der Waals surface area contributed by atoms with Crippen molar-refractivity contribution in [1.29, 1.82) is 0 Å². The molecule has 0 fully saturated rings. The highest BCUT2D eigenvalue weighted by Crippen LogP contribution is 2.32. The predicted molar refractivity (Wildman–Crippen MR) is 116 cm³/mol. The van der Waals surface area contributed by atoms with Crippen LogP contribution < -0.4 is 5.56 Å². The molecule has 0 aliphatic rings. The Balaban J connectivity index is 2.01. The van der Waals surface area contributed by atoms with Crippen molar-refractivity contribution >= 4 is 10.9 Å². The summed E-state index contributed by atoms with van der Waals surface area (Å²) in [4.78, 5) is 18.0. The lowest BCUT2D eigenvalue weighted by Crippen LogP contribution is -2.22. The Bertz CT molecular complexity index is 1310. The first-order valence-electron chi connectivity index (χ1n) is 9.86. The molecule has 6 heteroatoms. The summed E-state index contributed by atoms with van der Waals surface area (Å²) in [6.07, 6.45) is -4.52. The normalized spacial score (nSPS) is 12.3. The summed E-state index contributed by atoms with van der Waals surface area (Å²) < 4.78 is 41.2. The highest BCUT2D eigenvalue weighted by atomic mass is 19.4. The summed E-state index contributed by atoms with van der Waals surface area (Å²) in [5.74, 6) is 0.295. The number of halogens is 3. The van der Waals surface area contributed by atoms with E-state index >= 15 is 0 Å². The molecule has 1 heterocycles. The zero-order chi connectivity index (χ0) is 22.4. The fourth-order valence-electron chi connectivity index (χ4n) is 3.51. The molecule has 158 valence electrons. The Hall–Kier alpha value is -3.41. The Kier molecular flexibility index (Phi) is 4.96. The number of hydrogen-bond donors (Lipinski definition) is 0. The molecule has 0 saturated carbocycles. The average molecular weight is 422 g/mol. The zero-order valence-corrected chi connectivity index (χ0v) is 17.4. The molecular weight excluding hydrogens is 401 g/mol. The van der Waals surface area contributed by atoms with E-state index in [9.17, 15) is 18.0 Å². The average Bonchev–Trinajstić information content (AvgIpc) is 2.73. The quantitative estimate of drug-likeness (QED) is 0.376. The van der Waals surface area contributed by atoms with E-state index in [-0.39, 0.29) is 11.1 Å². The van der Waals surface area contributed by atoms with Gasteiger partial charge in [0.1, 0.15) is 5.82 Å². The standard InChI is InChI=1S/C25H21F3N2O/c1-24(2,3)17-13-11-16(12-14-17)22-29-21-10-5-4-9-20(21)23(31)30(22)19-8-6-7-18(15-19)25(26,27)28/h4-15H,1-3H3. The fourth-order valence-corrected chi connectivity index (χ4v) is 3.51. The van der Waals surface area contributed by atoms with Gasteiger partial charge in [0.05, 0.1) is 22.2 Å². The van der Waals surface area contributed by atoms with Crippen molar-refractivity contribution in [3.8, 4) is 17.1 Å². The van der Waals surface area contributed by atoms with Gasteiger partial charge in [-0.3, -0.25) is 9.36 Å². The minimum atomic E-state index is -4.52. The number of benzene rings is 3. The van der Waals surface area contributed by atoms with Crippen molar-refractivity contribution in [2.45, 2.75) is 32.4 Å². The molecule has 0 unspecified atom stereocenters. The van der Waals surface area contributed by atoms with E-state index in [0.29, 0.717) is 22.3 Å². The Morgan fingerprint density at radius 3 is 2.13 bits per heavy atom. The van der Waals surface area contributed by atoms with E-state index in [1.807, 2.05) is 24.3 Å². The van der Waals surface area contributed by atoms with Crippen LogP contribution in [0.15, 0.2) is 77.6 Å². The van der Waals surface area contributed by atoms with Crippen molar-refractivity contribution in [3.63, 3.8) is 0 Å². The van der Waals surface area contributed by atoms with Crippen molar-refractivity contribution in [1.82, 2.24) is 9.55 Å². The summed E-state index contributed by atoms with van der Waals surface area (Å²) in [6.45, 7) is 6.28. The van der Waals surface area contributed by atoms with Gasteiger partial charge in [0.15, 0.2) is 0 Å². The van der Waals surface area contributed by atoms with Crippen LogP contribution in [0.1, 0.15) is 31.9 Å². The van der Waals surface area contributed by atoms with Crippen LogP contribution in [-0.4, -0.2) is 9.55 Å². The van der Waals surface area contributed by atoms with Gasteiger partial charge in [0.2, 0.25) is 0 Å². The van der Waals surface area contributed by atoms with Gasteiger partial charge in [-0.1, -0.05) is 63.2 Å². The molecule has 4 rings (SSSR count). The summed E-state index contributed by atoms with van der Waals surface area (Å²) in [5.41, 5.74) is 1.06. The van der Waals surface area contributed by atoms with Gasteiger partial charge >= 0.3 is 6.18 Å². The second-order valence-electron chi connectivity index (χ2n) is 8.47. The molecule has 3 aromatic carbocycles. The molecule has 0 bridgehead atoms. The van der Waals surface area contributed by atoms with Crippen LogP contribution in [0, 0.1) is 0 Å². The lowest BCUT2D eigenvalue weighted by atomic mass is 9.86. The highest BCUT2D eigenvalue weighted by molar-refractivity contribution is 5.80. The maximum absolute atomic E-state index is 13.4. The fraction of sp³-hybridized carbons (Fsp3) is 0.200. The summed E-state index contributed by atoms with van der Waals surface area (Å²) in [7, 11) is 0. The summed E-state index contributed by atoms with van der Waals surface area (Å²) in [6, 6.07) is 19.2. The molecule has 0 aliphatic carbocycles. The van der Waals surface area contributed by atoms with Crippen LogP contribution in [0.4, 0.5) is 13.2 Å². The molecule has 4 aromatic rings. The zero-order valence-electron chi connectivity index (χ0n) is 17.4. The Morgan fingerprint density at radius 1 is 0.806 bits per heavy atom. The molecule has 0 atom stereocenters. The molecule has 31 heavy (non-hydrogen) atoms. The Morgan fingerprint density at radius 2 is 1.48 bits per heavy atom. The van der Waals surface area contributed by atoms with Crippen LogP contribution in [0.25, 0.3) is 28.0 Å². The van der Waals surface area contributed by atoms with Gasteiger partial charge in [0.25, 0.3) is 5.56 Å². The first-order valence-corrected chi connectivity index (χ1v) is 9.86. The van der Waals surface area contributed by atoms with Crippen molar-refractivity contribution in [2.75, 3.05) is 0 Å². The highest BCUT2D eigenvalue weighted by Gasteiger charge is 2.31. The molecule has 0 radical (unpaired) electrons. The maximum Gasteiger partial charge on any atom is 0.416 e. The van der Waals surface area contributed by atoms with Gasteiger partial charge in [-0.2, -0.15) is 13.2 Å². The van der Waals surface area contributed by atoms with E-state index in [4.69, 9.17) is 0 Å². The summed E-state index contributed by atoms with van der Waals surface area (Å²) >= 11 is 0. The SMILES string of the molecule is CC(C)(C)c1ccc(-c2nc3ccccc3c(=O)n2-c2cccc(C(F)(F)F)c2)cc1. The smallest absolute Gasteiger partial charge is 0.268 e.